The molecule has 0 amide bonds. The third-order valence-corrected chi connectivity index (χ3v) is 3.37. The highest BCUT2D eigenvalue weighted by atomic mass is 16.6. The predicted octanol–water partition coefficient (Wildman–Crippen LogP) is 3.73. The lowest BCUT2D eigenvalue weighted by Crippen LogP contribution is -2.42. The lowest BCUT2D eigenvalue weighted by atomic mass is 10.0. The molecule has 3 nitrogen and oxygen atoms in total. The fourth-order valence-corrected chi connectivity index (χ4v) is 2.30. The van der Waals surface area contributed by atoms with Crippen molar-refractivity contribution in [2.75, 3.05) is 0 Å². The Kier molecular flexibility index (Phi) is 5.94. The Balaban J connectivity index is 2.05. The molecule has 0 radical (unpaired) electrons. The molecule has 0 heterocycles. The monoisotopic (exact) mass is 311 g/mol. The first-order chi connectivity index (χ1) is 10.9. The Morgan fingerprint density at radius 2 is 1.48 bits per heavy atom. The van der Waals surface area contributed by atoms with Crippen LogP contribution < -0.4 is 5.32 Å². The van der Waals surface area contributed by atoms with E-state index in [1.165, 1.54) is 0 Å². The number of hydrogen-bond donors (Lipinski definition) is 1. The second-order valence-corrected chi connectivity index (χ2v) is 6.64. The second kappa shape index (κ2) is 7.93. The van der Waals surface area contributed by atoms with Crippen molar-refractivity contribution in [2.45, 2.75) is 45.4 Å². The van der Waals surface area contributed by atoms with Gasteiger partial charge >= 0.3 is 5.97 Å². The molecule has 2 aromatic rings. The molecule has 1 atom stereocenters. The van der Waals surface area contributed by atoms with Crippen molar-refractivity contribution in [1.29, 1.82) is 0 Å². The second-order valence-electron chi connectivity index (χ2n) is 6.64. The molecule has 2 rings (SSSR count). The Morgan fingerprint density at radius 3 is 2.00 bits per heavy atom. The minimum atomic E-state index is -0.486. The number of carbonyl (C=O) groups is 1. The molecule has 0 spiro atoms. The van der Waals surface area contributed by atoms with Crippen molar-refractivity contribution in [1.82, 2.24) is 5.32 Å². The van der Waals surface area contributed by atoms with E-state index in [0.29, 0.717) is 13.0 Å². The predicted molar refractivity (Wildman–Crippen MR) is 93.1 cm³/mol. The summed E-state index contributed by atoms with van der Waals surface area (Å²) in [6.07, 6.45) is 0.614. The van der Waals surface area contributed by atoms with Gasteiger partial charge in [0.05, 0.1) is 0 Å². The number of carbonyl (C=O) groups excluding carboxylic acids is 1. The van der Waals surface area contributed by atoms with Crippen LogP contribution in [0.1, 0.15) is 31.9 Å². The van der Waals surface area contributed by atoms with Gasteiger partial charge in [0.1, 0.15) is 11.6 Å². The number of benzene rings is 2. The van der Waals surface area contributed by atoms with E-state index in [2.05, 4.69) is 5.32 Å². The summed E-state index contributed by atoms with van der Waals surface area (Å²) in [5.74, 6) is -0.211. The first-order valence-electron chi connectivity index (χ1n) is 7.98. The van der Waals surface area contributed by atoms with Crippen LogP contribution in [0, 0.1) is 0 Å². The van der Waals surface area contributed by atoms with E-state index in [-0.39, 0.29) is 12.0 Å². The number of rotatable bonds is 6. The summed E-state index contributed by atoms with van der Waals surface area (Å²) < 4.78 is 5.56. The highest BCUT2D eigenvalue weighted by Gasteiger charge is 2.25. The molecule has 0 unspecified atom stereocenters. The van der Waals surface area contributed by atoms with Gasteiger partial charge in [-0.15, -0.1) is 0 Å². The topological polar surface area (TPSA) is 38.3 Å². The zero-order valence-electron chi connectivity index (χ0n) is 14.1. The summed E-state index contributed by atoms with van der Waals surface area (Å²) in [5.41, 5.74) is 1.78. The van der Waals surface area contributed by atoms with Crippen LogP contribution in [0.5, 0.6) is 0 Å². The minimum absolute atomic E-state index is 0.211. The third-order valence-electron chi connectivity index (χ3n) is 3.37. The summed E-state index contributed by atoms with van der Waals surface area (Å²) in [5, 5.41) is 3.33. The first kappa shape index (κ1) is 17.2. The smallest absolute Gasteiger partial charge is 0.324 e. The molecule has 2 aromatic carbocycles. The van der Waals surface area contributed by atoms with Crippen LogP contribution in [0.15, 0.2) is 60.7 Å². The van der Waals surface area contributed by atoms with E-state index >= 15 is 0 Å². The molecule has 0 aliphatic carbocycles. The van der Waals surface area contributed by atoms with Crippen molar-refractivity contribution in [3.8, 4) is 0 Å². The fourth-order valence-electron chi connectivity index (χ4n) is 2.30. The molecule has 1 N–H and O–H groups in total. The first-order valence-corrected chi connectivity index (χ1v) is 7.98. The number of ether oxygens (including phenoxy) is 1. The lowest BCUT2D eigenvalue weighted by molar-refractivity contribution is -0.157. The maximum Gasteiger partial charge on any atom is 0.324 e. The molecule has 0 aliphatic heterocycles. The van der Waals surface area contributed by atoms with Crippen LogP contribution in [0.2, 0.25) is 0 Å². The summed E-state index contributed by atoms with van der Waals surface area (Å²) in [4.78, 5) is 12.5. The van der Waals surface area contributed by atoms with E-state index in [1.54, 1.807) is 0 Å². The fraction of sp³-hybridized carbons (Fsp3) is 0.350. The Morgan fingerprint density at radius 1 is 0.957 bits per heavy atom. The van der Waals surface area contributed by atoms with E-state index in [9.17, 15) is 4.79 Å². The molecule has 122 valence electrons. The van der Waals surface area contributed by atoms with Crippen molar-refractivity contribution < 1.29 is 9.53 Å². The van der Waals surface area contributed by atoms with Crippen LogP contribution in [0.4, 0.5) is 0 Å². The zero-order valence-corrected chi connectivity index (χ0v) is 14.1. The van der Waals surface area contributed by atoms with Crippen molar-refractivity contribution in [3.05, 3.63) is 71.8 Å². The molecular formula is C20H25NO2. The van der Waals surface area contributed by atoms with Gasteiger partial charge in [0.2, 0.25) is 0 Å². The van der Waals surface area contributed by atoms with Gasteiger partial charge in [-0.3, -0.25) is 4.79 Å². The third kappa shape index (κ3) is 6.25. The SMILES string of the molecule is CC(C)(C)OC(=O)[C@H](Cc1ccccc1)NCc1ccccc1. The number of hydrogen-bond acceptors (Lipinski definition) is 3. The molecular weight excluding hydrogens is 286 g/mol. The summed E-state index contributed by atoms with van der Waals surface area (Å²) in [7, 11) is 0. The molecule has 0 aliphatic rings. The summed E-state index contributed by atoms with van der Waals surface area (Å²) >= 11 is 0. The molecule has 0 saturated carbocycles. The van der Waals surface area contributed by atoms with Gasteiger partial charge < -0.3 is 10.1 Å². The quantitative estimate of drug-likeness (QED) is 0.826. The lowest BCUT2D eigenvalue weighted by Gasteiger charge is -2.25. The van der Waals surface area contributed by atoms with Crippen molar-refractivity contribution in [3.63, 3.8) is 0 Å². The van der Waals surface area contributed by atoms with E-state index in [1.807, 2.05) is 81.4 Å². The minimum Gasteiger partial charge on any atom is -0.459 e. The number of esters is 1. The van der Waals surface area contributed by atoms with Gasteiger partial charge in [0.15, 0.2) is 0 Å². The Labute approximate surface area is 138 Å². The normalized spacial score (nSPS) is 12.7. The van der Waals surface area contributed by atoms with Crippen molar-refractivity contribution >= 4 is 5.97 Å². The van der Waals surface area contributed by atoms with E-state index < -0.39 is 5.60 Å². The average molecular weight is 311 g/mol. The van der Waals surface area contributed by atoms with Gasteiger partial charge in [-0.25, -0.2) is 0 Å². The van der Waals surface area contributed by atoms with Crippen LogP contribution in [-0.2, 0) is 22.5 Å². The summed E-state index contributed by atoms with van der Waals surface area (Å²) in [6.45, 7) is 6.31. The molecule has 0 aromatic heterocycles. The Hall–Kier alpha value is -2.13. The van der Waals surface area contributed by atoms with Gasteiger partial charge in [0.25, 0.3) is 0 Å². The molecule has 0 fully saturated rings. The highest BCUT2D eigenvalue weighted by Crippen LogP contribution is 2.12. The standard InChI is InChI=1S/C20H25NO2/c1-20(2,3)23-19(22)18(14-16-10-6-4-7-11-16)21-15-17-12-8-5-9-13-17/h4-13,18,21H,14-15H2,1-3H3/t18-/m0/s1. The van der Waals surface area contributed by atoms with Crippen LogP contribution in [0.3, 0.4) is 0 Å². The van der Waals surface area contributed by atoms with Crippen LogP contribution in [-0.4, -0.2) is 17.6 Å². The molecule has 0 saturated heterocycles. The van der Waals surface area contributed by atoms with Gasteiger partial charge in [-0.1, -0.05) is 60.7 Å². The van der Waals surface area contributed by atoms with Crippen LogP contribution >= 0.6 is 0 Å². The summed E-state index contributed by atoms with van der Waals surface area (Å²) in [6, 6.07) is 19.7. The van der Waals surface area contributed by atoms with Crippen molar-refractivity contribution in [2.24, 2.45) is 0 Å². The van der Waals surface area contributed by atoms with Crippen LogP contribution in [0.25, 0.3) is 0 Å². The van der Waals surface area contributed by atoms with E-state index in [0.717, 1.165) is 11.1 Å². The maximum absolute atomic E-state index is 12.5. The average Bonchev–Trinajstić information content (AvgIpc) is 2.51. The largest absolute Gasteiger partial charge is 0.459 e. The molecule has 3 heteroatoms. The van der Waals surface area contributed by atoms with Gasteiger partial charge in [0, 0.05) is 6.54 Å². The molecule has 23 heavy (non-hydrogen) atoms. The van der Waals surface area contributed by atoms with E-state index in [4.69, 9.17) is 4.74 Å². The van der Waals surface area contributed by atoms with Gasteiger partial charge in [-0.05, 0) is 38.3 Å². The number of nitrogens with one attached hydrogen (secondary N) is 1. The zero-order chi connectivity index (χ0) is 16.7. The maximum atomic E-state index is 12.5. The highest BCUT2D eigenvalue weighted by molar-refractivity contribution is 5.76. The van der Waals surface area contributed by atoms with Gasteiger partial charge in [-0.2, -0.15) is 0 Å². The Bertz CT molecular complexity index is 603. The molecule has 0 bridgehead atoms.